The van der Waals surface area contributed by atoms with Gasteiger partial charge in [0.25, 0.3) is 5.56 Å². The molecule has 8 nitrogen and oxygen atoms in total. The summed E-state index contributed by atoms with van der Waals surface area (Å²) in [4.78, 5) is 33.4. The molecule has 0 radical (unpaired) electrons. The van der Waals surface area contributed by atoms with E-state index in [2.05, 4.69) is 20.4 Å². The summed E-state index contributed by atoms with van der Waals surface area (Å²) >= 11 is 1.34. The molecule has 0 saturated carbocycles. The number of amides is 1. The number of benzene rings is 1. The Hall–Kier alpha value is -3.33. The van der Waals surface area contributed by atoms with E-state index in [-0.39, 0.29) is 18.0 Å². The zero-order valence-electron chi connectivity index (χ0n) is 14.7. The number of anilines is 1. The first-order valence-electron chi connectivity index (χ1n) is 8.21. The Labute approximate surface area is 158 Å². The third kappa shape index (κ3) is 3.36. The van der Waals surface area contributed by atoms with Gasteiger partial charge < -0.3 is 5.32 Å². The number of carbonyl (C=O) groups is 1. The molecule has 9 heteroatoms. The largest absolute Gasteiger partial charge is 0.300 e. The van der Waals surface area contributed by atoms with Gasteiger partial charge in [-0.2, -0.15) is 5.10 Å². The lowest BCUT2D eigenvalue weighted by molar-refractivity contribution is -0.116. The lowest BCUT2D eigenvalue weighted by Gasteiger charge is -2.05. The first kappa shape index (κ1) is 17.1. The Kier molecular flexibility index (Phi) is 4.28. The molecule has 4 rings (SSSR count). The van der Waals surface area contributed by atoms with E-state index < -0.39 is 0 Å². The normalized spacial score (nSPS) is 11.0. The maximum Gasteiger partial charge on any atom is 0.264 e. The highest BCUT2D eigenvalue weighted by molar-refractivity contribution is 7.14. The van der Waals surface area contributed by atoms with Crippen LogP contribution in [0.5, 0.6) is 0 Å². The summed E-state index contributed by atoms with van der Waals surface area (Å²) in [6, 6.07) is 8.01. The summed E-state index contributed by atoms with van der Waals surface area (Å²) < 4.78 is 2.77. The summed E-state index contributed by atoms with van der Waals surface area (Å²) in [5, 5.41) is 9.49. The Morgan fingerprint density at radius 2 is 2.04 bits per heavy atom. The molecule has 136 valence electrons. The zero-order valence-corrected chi connectivity index (χ0v) is 15.5. The molecule has 0 fully saturated rings. The topological polar surface area (TPSA) is 94.7 Å². The van der Waals surface area contributed by atoms with Crippen molar-refractivity contribution in [3.63, 3.8) is 0 Å². The molecule has 1 N–H and O–H groups in total. The van der Waals surface area contributed by atoms with Gasteiger partial charge >= 0.3 is 0 Å². The molecular weight excluding hydrogens is 364 g/mol. The van der Waals surface area contributed by atoms with Gasteiger partial charge in [-0.1, -0.05) is 29.8 Å². The minimum absolute atomic E-state index is 0.143. The molecule has 0 aliphatic rings. The standard InChI is InChI=1S/C18H16N6O2S/c1-11-3-5-12(6-4-11)14-9-27-18(21-14)22-15(25)8-24-10-19-16-13(17(24)26)7-20-23(16)2/h3-7,9-10H,8H2,1-2H3,(H,21,22,25). The van der Waals surface area contributed by atoms with Crippen LogP contribution in [0.3, 0.4) is 0 Å². The minimum atomic E-state index is -0.341. The maximum atomic E-state index is 12.4. The van der Waals surface area contributed by atoms with Crippen molar-refractivity contribution in [2.45, 2.75) is 13.5 Å². The van der Waals surface area contributed by atoms with Gasteiger partial charge in [-0.3, -0.25) is 18.8 Å². The van der Waals surface area contributed by atoms with Crippen LogP contribution in [0.15, 0.2) is 47.0 Å². The van der Waals surface area contributed by atoms with E-state index in [0.717, 1.165) is 11.3 Å². The summed E-state index contributed by atoms with van der Waals surface area (Å²) in [5.74, 6) is -0.341. The number of nitrogens with zero attached hydrogens (tertiary/aromatic N) is 5. The molecule has 0 aliphatic heterocycles. The number of thiazole rings is 1. The van der Waals surface area contributed by atoms with Crippen LogP contribution in [0.4, 0.5) is 5.13 Å². The van der Waals surface area contributed by atoms with Crippen molar-refractivity contribution in [1.29, 1.82) is 0 Å². The highest BCUT2D eigenvalue weighted by Crippen LogP contribution is 2.25. The van der Waals surface area contributed by atoms with Crippen LogP contribution in [-0.2, 0) is 18.4 Å². The van der Waals surface area contributed by atoms with E-state index in [0.29, 0.717) is 16.2 Å². The van der Waals surface area contributed by atoms with Crippen LogP contribution >= 0.6 is 11.3 Å². The van der Waals surface area contributed by atoms with Crippen LogP contribution in [-0.4, -0.2) is 30.2 Å². The minimum Gasteiger partial charge on any atom is -0.300 e. The van der Waals surface area contributed by atoms with Gasteiger partial charge in [-0.15, -0.1) is 11.3 Å². The van der Waals surface area contributed by atoms with Crippen molar-refractivity contribution in [3.05, 3.63) is 58.1 Å². The summed E-state index contributed by atoms with van der Waals surface area (Å²) in [6.07, 6.45) is 2.80. The molecule has 27 heavy (non-hydrogen) atoms. The van der Waals surface area contributed by atoms with Gasteiger partial charge in [0, 0.05) is 18.0 Å². The van der Waals surface area contributed by atoms with E-state index in [1.165, 1.54) is 38.7 Å². The highest BCUT2D eigenvalue weighted by atomic mass is 32.1. The number of carbonyl (C=O) groups excluding carboxylic acids is 1. The van der Waals surface area contributed by atoms with Gasteiger partial charge in [-0.25, -0.2) is 9.97 Å². The molecular formula is C18H16N6O2S. The second-order valence-electron chi connectivity index (χ2n) is 6.14. The Morgan fingerprint density at radius 3 is 2.81 bits per heavy atom. The van der Waals surface area contributed by atoms with E-state index in [1.54, 1.807) is 7.05 Å². The van der Waals surface area contributed by atoms with Crippen LogP contribution in [0.2, 0.25) is 0 Å². The molecule has 3 heterocycles. The maximum absolute atomic E-state index is 12.4. The number of hydrogen-bond acceptors (Lipinski definition) is 6. The number of rotatable bonds is 4. The second-order valence-corrected chi connectivity index (χ2v) is 6.99. The molecule has 1 amide bonds. The average Bonchev–Trinajstić information content (AvgIpc) is 3.25. The van der Waals surface area contributed by atoms with Crippen molar-refractivity contribution in [2.24, 2.45) is 7.05 Å². The molecule has 0 unspecified atom stereocenters. The Morgan fingerprint density at radius 1 is 1.26 bits per heavy atom. The van der Waals surface area contributed by atoms with Crippen LogP contribution in [0.25, 0.3) is 22.3 Å². The van der Waals surface area contributed by atoms with Gasteiger partial charge in [0.05, 0.1) is 11.9 Å². The second kappa shape index (κ2) is 6.76. The summed E-state index contributed by atoms with van der Waals surface area (Å²) in [5.41, 5.74) is 3.14. The van der Waals surface area contributed by atoms with Crippen molar-refractivity contribution >= 4 is 33.4 Å². The predicted molar refractivity (Wildman–Crippen MR) is 104 cm³/mol. The third-order valence-electron chi connectivity index (χ3n) is 4.13. The smallest absolute Gasteiger partial charge is 0.264 e. The van der Waals surface area contributed by atoms with Crippen LogP contribution < -0.4 is 10.9 Å². The van der Waals surface area contributed by atoms with E-state index in [1.807, 2.05) is 36.6 Å². The molecule has 1 aromatic carbocycles. The number of aryl methyl sites for hydroxylation is 2. The van der Waals surface area contributed by atoms with Crippen molar-refractivity contribution in [2.75, 3.05) is 5.32 Å². The lowest BCUT2D eigenvalue weighted by atomic mass is 10.1. The molecule has 0 spiro atoms. The molecule has 0 atom stereocenters. The predicted octanol–water partition coefficient (Wildman–Crippen LogP) is 2.20. The van der Waals surface area contributed by atoms with Crippen LogP contribution in [0.1, 0.15) is 5.56 Å². The molecule has 3 aromatic heterocycles. The monoisotopic (exact) mass is 380 g/mol. The third-order valence-corrected chi connectivity index (χ3v) is 4.89. The van der Waals surface area contributed by atoms with Gasteiger partial charge in [-0.05, 0) is 6.92 Å². The fourth-order valence-corrected chi connectivity index (χ4v) is 3.42. The van der Waals surface area contributed by atoms with Crippen molar-refractivity contribution < 1.29 is 4.79 Å². The van der Waals surface area contributed by atoms with Crippen molar-refractivity contribution in [1.82, 2.24) is 24.3 Å². The molecule has 4 aromatic rings. The zero-order chi connectivity index (χ0) is 19.0. The number of nitrogens with one attached hydrogen (secondary N) is 1. The number of aromatic nitrogens is 5. The fourth-order valence-electron chi connectivity index (χ4n) is 2.68. The van der Waals surface area contributed by atoms with Crippen molar-refractivity contribution in [3.8, 4) is 11.3 Å². The summed E-state index contributed by atoms with van der Waals surface area (Å²) in [6.45, 7) is 1.88. The number of hydrogen-bond donors (Lipinski definition) is 1. The Balaban J connectivity index is 1.49. The molecule has 0 bridgehead atoms. The molecule has 0 saturated heterocycles. The van der Waals surface area contributed by atoms with E-state index in [4.69, 9.17) is 0 Å². The first-order valence-corrected chi connectivity index (χ1v) is 9.09. The van der Waals surface area contributed by atoms with Gasteiger partial charge in [0.2, 0.25) is 5.91 Å². The van der Waals surface area contributed by atoms with Gasteiger partial charge in [0.15, 0.2) is 10.8 Å². The lowest BCUT2D eigenvalue weighted by Crippen LogP contribution is -2.27. The quantitative estimate of drug-likeness (QED) is 0.586. The highest BCUT2D eigenvalue weighted by Gasteiger charge is 2.12. The fraction of sp³-hybridized carbons (Fsp3) is 0.167. The SMILES string of the molecule is Cc1ccc(-c2csc(NC(=O)Cn3cnc4c(cnn4C)c3=O)n2)cc1. The summed E-state index contributed by atoms with van der Waals surface area (Å²) in [7, 11) is 1.71. The molecule has 0 aliphatic carbocycles. The Bertz CT molecular complexity index is 1190. The number of fused-ring (bicyclic) bond motifs is 1. The first-order chi connectivity index (χ1) is 13.0. The van der Waals surface area contributed by atoms with Crippen LogP contribution in [0, 0.1) is 6.92 Å². The van der Waals surface area contributed by atoms with E-state index in [9.17, 15) is 9.59 Å². The van der Waals surface area contributed by atoms with E-state index >= 15 is 0 Å². The average molecular weight is 380 g/mol. The van der Waals surface area contributed by atoms with Gasteiger partial charge in [0.1, 0.15) is 18.3 Å².